The van der Waals surface area contributed by atoms with Crippen molar-refractivity contribution in [1.82, 2.24) is 0 Å². The average molecular weight is 498 g/mol. The number of hydrogen-bond donors (Lipinski definition) is 4. The van der Waals surface area contributed by atoms with E-state index < -0.39 is 52.5 Å². The zero-order chi connectivity index (χ0) is 24.8. The molecule has 10 heteroatoms. The molecule has 3 rings (SSSR count). The van der Waals surface area contributed by atoms with Crippen LogP contribution in [0.25, 0.3) is 0 Å². The first kappa shape index (κ1) is 26.6. The highest BCUT2D eigenvalue weighted by Gasteiger charge is 2.51. The molecule has 4 N–H and O–H groups in total. The van der Waals surface area contributed by atoms with Gasteiger partial charge in [-0.25, -0.2) is 13.2 Å². The van der Waals surface area contributed by atoms with Crippen molar-refractivity contribution in [2.75, 3.05) is 17.9 Å². The van der Waals surface area contributed by atoms with Crippen molar-refractivity contribution in [3.05, 3.63) is 41.5 Å². The molecule has 0 radical (unpaired) electrons. The van der Waals surface area contributed by atoms with E-state index in [0.29, 0.717) is 5.69 Å². The summed E-state index contributed by atoms with van der Waals surface area (Å²) in [5, 5.41) is 27.4. The molecular formula is C24H35NO8S. The van der Waals surface area contributed by atoms with Crippen molar-refractivity contribution in [2.45, 2.75) is 81.5 Å². The first-order valence-electron chi connectivity index (χ1n) is 11.9. The van der Waals surface area contributed by atoms with E-state index in [1.807, 2.05) is 12.1 Å². The summed E-state index contributed by atoms with van der Waals surface area (Å²) in [5.74, 6) is -2.88. The van der Waals surface area contributed by atoms with Crippen LogP contribution in [-0.4, -0.2) is 66.2 Å². The van der Waals surface area contributed by atoms with Crippen molar-refractivity contribution in [1.29, 1.82) is 0 Å². The Labute approximate surface area is 200 Å². The minimum Gasteiger partial charge on any atom is -0.478 e. The van der Waals surface area contributed by atoms with E-state index in [1.54, 1.807) is 12.1 Å². The van der Waals surface area contributed by atoms with Crippen LogP contribution in [0.15, 0.2) is 35.9 Å². The Morgan fingerprint density at radius 2 is 1.74 bits per heavy atom. The van der Waals surface area contributed by atoms with Gasteiger partial charge in [-0.3, -0.25) is 4.72 Å². The van der Waals surface area contributed by atoms with Crippen LogP contribution < -0.4 is 4.72 Å². The van der Waals surface area contributed by atoms with Crippen LogP contribution in [0.4, 0.5) is 5.69 Å². The molecule has 1 aliphatic carbocycles. The normalized spacial score (nSPS) is 24.2. The van der Waals surface area contributed by atoms with E-state index >= 15 is 0 Å². The summed E-state index contributed by atoms with van der Waals surface area (Å²) in [5.41, 5.74) is 0.970. The van der Waals surface area contributed by atoms with Gasteiger partial charge in [-0.1, -0.05) is 50.8 Å². The quantitative estimate of drug-likeness (QED) is 0.323. The molecule has 1 spiro atoms. The number of ether oxygens (including phenoxy) is 2. The Kier molecular flexibility index (Phi) is 9.11. The topological polar surface area (TPSA) is 142 Å². The van der Waals surface area contributed by atoms with Gasteiger partial charge in [0.2, 0.25) is 10.0 Å². The molecule has 0 saturated carbocycles. The van der Waals surface area contributed by atoms with E-state index in [1.165, 1.54) is 12.5 Å². The number of carbonyl (C=O) groups is 1. The number of hydrogen-bond acceptors (Lipinski definition) is 7. The summed E-state index contributed by atoms with van der Waals surface area (Å²) in [7, 11) is -4.09. The molecule has 0 amide bonds. The lowest BCUT2D eigenvalue weighted by Gasteiger charge is -2.33. The number of sulfonamides is 1. The Morgan fingerprint density at radius 3 is 2.35 bits per heavy atom. The van der Waals surface area contributed by atoms with E-state index in [0.717, 1.165) is 37.7 Å². The maximum Gasteiger partial charge on any atom is 0.332 e. The van der Waals surface area contributed by atoms with Gasteiger partial charge in [0.25, 0.3) is 0 Å². The summed E-state index contributed by atoms with van der Waals surface area (Å²) in [6.07, 6.45) is 5.73. The Hall–Kier alpha value is -1.98. The molecule has 0 bridgehead atoms. The van der Waals surface area contributed by atoms with Crippen molar-refractivity contribution >= 4 is 21.7 Å². The number of rotatable bonds is 12. The fourth-order valence-electron chi connectivity index (χ4n) is 4.58. The Morgan fingerprint density at radius 1 is 1.09 bits per heavy atom. The number of para-hydroxylation sites is 1. The largest absolute Gasteiger partial charge is 0.478 e. The predicted molar refractivity (Wildman–Crippen MR) is 127 cm³/mol. The molecule has 1 aliphatic heterocycles. The number of aryl methyl sites for hydroxylation is 1. The van der Waals surface area contributed by atoms with Gasteiger partial charge in [-0.15, -0.1) is 0 Å². The monoisotopic (exact) mass is 497 g/mol. The fourth-order valence-corrected chi connectivity index (χ4v) is 6.16. The number of nitrogens with one attached hydrogen (secondary N) is 1. The standard InChI is InChI=1S/C24H35NO8S/c1-2-3-4-5-6-9-17-10-7-8-11-19(17)25-34(30,31)22-12-13-24(14-18(22)23(28)29)32-20(15-26)21(16-27)33-24/h7-8,10-11,14,20-22,25-27H,2-6,9,12-13,15-16H2,1H3,(H,28,29)/t20-,21-,22?/m1/s1. The van der Waals surface area contributed by atoms with Crippen LogP contribution in [0.2, 0.25) is 0 Å². The lowest BCUT2D eigenvalue weighted by molar-refractivity contribution is -0.153. The number of aliphatic carboxylic acids is 1. The predicted octanol–water partition coefficient (Wildman–Crippen LogP) is 2.58. The third-order valence-electron chi connectivity index (χ3n) is 6.39. The third-order valence-corrected chi connectivity index (χ3v) is 8.14. The van der Waals surface area contributed by atoms with E-state index in [9.17, 15) is 28.5 Å². The minimum atomic E-state index is -4.09. The van der Waals surface area contributed by atoms with Crippen molar-refractivity contribution in [3.63, 3.8) is 0 Å². The molecule has 3 atom stereocenters. The number of aliphatic hydroxyl groups excluding tert-OH is 2. The van der Waals surface area contributed by atoms with Crippen LogP contribution in [0.1, 0.15) is 57.4 Å². The van der Waals surface area contributed by atoms with Crippen LogP contribution >= 0.6 is 0 Å². The number of anilines is 1. The van der Waals surface area contributed by atoms with Crippen molar-refractivity contribution in [2.24, 2.45) is 0 Å². The molecule has 1 saturated heterocycles. The lowest BCUT2D eigenvalue weighted by Crippen LogP contribution is -2.42. The summed E-state index contributed by atoms with van der Waals surface area (Å²) in [4.78, 5) is 12.0. The summed E-state index contributed by atoms with van der Waals surface area (Å²) in [6, 6.07) is 7.17. The highest BCUT2D eigenvalue weighted by atomic mass is 32.2. The summed E-state index contributed by atoms with van der Waals surface area (Å²) < 4.78 is 40.6. The Balaban J connectivity index is 1.79. The van der Waals surface area contributed by atoms with Gasteiger partial charge in [-0.05, 0) is 37.0 Å². The second kappa shape index (κ2) is 11.6. The second-order valence-corrected chi connectivity index (χ2v) is 10.8. The van der Waals surface area contributed by atoms with Gasteiger partial charge in [0.1, 0.15) is 17.5 Å². The number of aliphatic hydroxyl groups is 2. The first-order chi connectivity index (χ1) is 16.2. The Bertz CT molecular complexity index is 965. The van der Waals surface area contributed by atoms with Gasteiger partial charge in [0.15, 0.2) is 5.79 Å². The SMILES string of the molecule is CCCCCCCc1ccccc1NS(=O)(=O)C1CCC2(C=C1C(=O)O)O[C@H](CO)[C@@H](CO)O2. The molecule has 1 fully saturated rings. The zero-order valence-electron chi connectivity index (χ0n) is 19.5. The molecule has 1 aromatic carbocycles. The maximum absolute atomic E-state index is 13.3. The van der Waals surface area contributed by atoms with E-state index in [4.69, 9.17) is 9.47 Å². The van der Waals surface area contributed by atoms with Gasteiger partial charge >= 0.3 is 5.97 Å². The molecule has 9 nitrogen and oxygen atoms in total. The highest BCUT2D eigenvalue weighted by molar-refractivity contribution is 7.93. The highest BCUT2D eigenvalue weighted by Crippen LogP contribution is 2.41. The zero-order valence-corrected chi connectivity index (χ0v) is 20.3. The molecule has 0 aromatic heterocycles. The average Bonchev–Trinajstić information content (AvgIpc) is 3.16. The van der Waals surface area contributed by atoms with E-state index in [-0.39, 0.29) is 18.4 Å². The van der Waals surface area contributed by atoms with Gasteiger partial charge < -0.3 is 24.8 Å². The number of carboxylic acids is 1. The van der Waals surface area contributed by atoms with Gasteiger partial charge in [0, 0.05) is 6.42 Å². The molecule has 2 aliphatic rings. The summed E-state index contributed by atoms with van der Waals surface area (Å²) >= 11 is 0. The van der Waals surface area contributed by atoms with Crippen LogP contribution in [-0.2, 0) is 30.7 Å². The maximum atomic E-state index is 13.3. The van der Waals surface area contributed by atoms with Gasteiger partial charge in [-0.2, -0.15) is 0 Å². The van der Waals surface area contributed by atoms with Crippen LogP contribution in [0.5, 0.6) is 0 Å². The number of unbranched alkanes of at least 4 members (excludes halogenated alkanes) is 4. The van der Waals surface area contributed by atoms with Crippen LogP contribution in [0, 0.1) is 0 Å². The molecule has 190 valence electrons. The van der Waals surface area contributed by atoms with E-state index in [2.05, 4.69) is 11.6 Å². The fraction of sp³-hybridized carbons (Fsp3) is 0.625. The number of benzene rings is 1. The van der Waals surface area contributed by atoms with Crippen LogP contribution in [0.3, 0.4) is 0 Å². The van der Waals surface area contributed by atoms with Crippen molar-refractivity contribution < 1.29 is 38.0 Å². The first-order valence-corrected chi connectivity index (χ1v) is 13.4. The second-order valence-electron chi connectivity index (χ2n) is 8.89. The summed E-state index contributed by atoms with van der Waals surface area (Å²) in [6.45, 7) is 1.32. The lowest BCUT2D eigenvalue weighted by atomic mass is 9.94. The molecule has 1 heterocycles. The molecule has 34 heavy (non-hydrogen) atoms. The molecule has 1 aromatic rings. The minimum absolute atomic E-state index is 0.0526. The van der Waals surface area contributed by atoms with Gasteiger partial charge in [0.05, 0.1) is 24.5 Å². The number of carboxylic acid groups (broad SMARTS) is 1. The molecular weight excluding hydrogens is 462 g/mol. The third kappa shape index (κ3) is 6.17. The van der Waals surface area contributed by atoms with Crippen molar-refractivity contribution in [3.8, 4) is 0 Å². The smallest absolute Gasteiger partial charge is 0.332 e. The molecule has 1 unspecified atom stereocenters.